The van der Waals surface area contributed by atoms with Crippen LogP contribution in [0.4, 0.5) is 4.79 Å². The highest BCUT2D eigenvalue weighted by Crippen LogP contribution is 1.91. The molecule has 0 aliphatic carbocycles. The maximum atomic E-state index is 11.0. The fraction of sp³-hybridized carbons (Fsp3) is 0.889. The third-order valence-corrected chi connectivity index (χ3v) is 1.50. The molecule has 1 amide bonds. The van der Waals surface area contributed by atoms with E-state index >= 15 is 0 Å². The second-order valence-corrected chi connectivity index (χ2v) is 3.15. The molecule has 84 valence electrons. The van der Waals surface area contributed by atoms with E-state index < -0.39 is 6.09 Å². The highest BCUT2D eigenvalue weighted by atomic mass is 16.6. The predicted molar refractivity (Wildman–Crippen MR) is 52.3 cm³/mol. The minimum Gasteiger partial charge on any atom is -0.447 e. The molecule has 0 saturated carbocycles. The molecule has 0 aromatic heterocycles. The molecule has 1 atom stereocenters. The molecule has 0 aliphatic heterocycles. The quantitative estimate of drug-likeness (QED) is 0.696. The van der Waals surface area contributed by atoms with Gasteiger partial charge >= 0.3 is 6.09 Å². The third-order valence-electron chi connectivity index (χ3n) is 1.50. The first kappa shape index (κ1) is 13.2. The average molecular weight is 205 g/mol. The molecule has 0 rings (SSSR count). The van der Waals surface area contributed by atoms with Crippen molar-refractivity contribution >= 4 is 6.09 Å². The zero-order valence-corrected chi connectivity index (χ0v) is 9.20. The van der Waals surface area contributed by atoms with Gasteiger partial charge in [0.2, 0.25) is 0 Å². The van der Waals surface area contributed by atoms with Gasteiger partial charge in [-0.3, -0.25) is 0 Å². The minimum absolute atomic E-state index is 0.113. The second kappa shape index (κ2) is 7.58. The number of hydrogen-bond acceptors (Lipinski definition) is 4. The highest BCUT2D eigenvalue weighted by molar-refractivity contribution is 5.67. The van der Waals surface area contributed by atoms with Crippen molar-refractivity contribution in [3.05, 3.63) is 0 Å². The van der Waals surface area contributed by atoms with E-state index in [-0.39, 0.29) is 12.2 Å². The van der Waals surface area contributed by atoms with Crippen molar-refractivity contribution in [3.63, 3.8) is 0 Å². The first-order valence-electron chi connectivity index (χ1n) is 4.56. The average Bonchev–Trinajstić information content (AvgIpc) is 2.11. The lowest BCUT2D eigenvalue weighted by Gasteiger charge is -2.15. The number of nitrogens with one attached hydrogen (secondary N) is 1. The second-order valence-electron chi connectivity index (χ2n) is 3.15. The van der Waals surface area contributed by atoms with Crippen LogP contribution in [0.15, 0.2) is 0 Å². The van der Waals surface area contributed by atoms with Gasteiger partial charge in [-0.1, -0.05) is 0 Å². The van der Waals surface area contributed by atoms with Gasteiger partial charge in [0.1, 0.15) is 0 Å². The summed E-state index contributed by atoms with van der Waals surface area (Å²) in [6.07, 6.45) is -0.684. The van der Waals surface area contributed by atoms with E-state index in [9.17, 15) is 4.79 Å². The molecule has 0 spiro atoms. The molecule has 0 aliphatic rings. The van der Waals surface area contributed by atoms with Gasteiger partial charge in [0.05, 0.1) is 18.8 Å². The standard InChI is InChI=1S/C9H19NO4/c1-7(2)14-9(11)10-5-8(13-4)6-12-3/h7-8H,5-6H2,1-4H3,(H,10,11). The van der Waals surface area contributed by atoms with Gasteiger partial charge in [0.15, 0.2) is 0 Å². The lowest BCUT2D eigenvalue weighted by Crippen LogP contribution is -2.36. The van der Waals surface area contributed by atoms with E-state index in [1.165, 1.54) is 0 Å². The number of amides is 1. The predicted octanol–water partition coefficient (Wildman–Crippen LogP) is 0.782. The van der Waals surface area contributed by atoms with Crippen LogP contribution in [-0.2, 0) is 14.2 Å². The summed E-state index contributed by atoms with van der Waals surface area (Å²) in [4.78, 5) is 11.0. The van der Waals surface area contributed by atoms with Crippen LogP contribution < -0.4 is 5.32 Å². The topological polar surface area (TPSA) is 56.8 Å². The van der Waals surface area contributed by atoms with Crippen molar-refractivity contribution in [1.82, 2.24) is 5.32 Å². The van der Waals surface area contributed by atoms with Crippen molar-refractivity contribution < 1.29 is 19.0 Å². The molecular formula is C9H19NO4. The maximum absolute atomic E-state index is 11.0. The maximum Gasteiger partial charge on any atom is 0.407 e. The number of rotatable bonds is 6. The molecule has 1 unspecified atom stereocenters. The van der Waals surface area contributed by atoms with Crippen molar-refractivity contribution in [1.29, 1.82) is 0 Å². The Labute approximate surface area is 84.7 Å². The SMILES string of the molecule is COCC(CNC(=O)OC(C)C)OC. The molecule has 0 fully saturated rings. The summed E-state index contributed by atoms with van der Waals surface area (Å²) >= 11 is 0. The van der Waals surface area contributed by atoms with E-state index in [1.807, 2.05) is 0 Å². The van der Waals surface area contributed by atoms with E-state index in [0.717, 1.165) is 0 Å². The first-order chi connectivity index (χ1) is 6.60. The van der Waals surface area contributed by atoms with Crippen LogP contribution in [0.1, 0.15) is 13.8 Å². The Morgan fingerprint density at radius 3 is 2.43 bits per heavy atom. The van der Waals surface area contributed by atoms with Crippen molar-refractivity contribution in [2.45, 2.75) is 26.1 Å². The lowest BCUT2D eigenvalue weighted by atomic mass is 10.4. The van der Waals surface area contributed by atoms with Gasteiger partial charge < -0.3 is 19.5 Å². The number of carbonyl (C=O) groups excluding carboxylic acids is 1. The van der Waals surface area contributed by atoms with Crippen LogP contribution in [0.25, 0.3) is 0 Å². The van der Waals surface area contributed by atoms with Gasteiger partial charge in [-0.25, -0.2) is 4.79 Å². The van der Waals surface area contributed by atoms with Gasteiger partial charge in [-0.05, 0) is 13.8 Å². The van der Waals surface area contributed by atoms with Gasteiger partial charge in [-0.15, -0.1) is 0 Å². The highest BCUT2D eigenvalue weighted by Gasteiger charge is 2.10. The fourth-order valence-corrected chi connectivity index (χ4v) is 0.849. The lowest BCUT2D eigenvalue weighted by molar-refractivity contribution is 0.0271. The zero-order chi connectivity index (χ0) is 11.0. The summed E-state index contributed by atoms with van der Waals surface area (Å²) in [5.41, 5.74) is 0. The Balaban J connectivity index is 3.62. The summed E-state index contributed by atoms with van der Waals surface area (Å²) in [5, 5.41) is 2.58. The first-order valence-corrected chi connectivity index (χ1v) is 4.56. The number of hydrogen-bond donors (Lipinski definition) is 1. The Hall–Kier alpha value is -0.810. The molecule has 1 N–H and O–H groups in total. The Bertz CT molecular complexity index is 161. The van der Waals surface area contributed by atoms with Gasteiger partial charge in [-0.2, -0.15) is 0 Å². The van der Waals surface area contributed by atoms with Gasteiger partial charge in [0, 0.05) is 20.8 Å². The molecule has 14 heavy (non-hydrogen) atoms. The molecule has 0 bridgehead atoms. The van der Waals surface area contributed by atoms with Crippen LogP contribution in [0.5, 0.6) is 0 Å². The van der Waals surface area contributed by atoms with Crippen molar-refractivity contribution in [2.75, 3.05) is 27.4 Å². The minimum atomic E-state index is -0.432. The van der Waals surface area contributed by atoms with Crippen molar-refractivity contribution in [3.8, 4) is 0 Å². The van der Waals surface area contributed by atoms with E-state index in [4.69, 9.17) is 14.2 Å². The monoisotopic (exact) mass is 205 g/mol. The van der Waals surface area contributed by atoms with Crippen LogP contribution in [0, 0.1) is 0 Å². The Morgan fingerprint density at radius 2 is 2.00 bits per heavy atom. The van der Waals surface area contributed by atoms with Crippen molar-refractivity contribution in [2.24, 2.45) is 0 Å². The molecule has 5 nitrogen and oxygen atoms in total. The number of alkyl carbamates (subject to hydrolysis) is 1. The van der Waals surface area contributed by atoms with E-state index in [0.29, 0.717) is 13.2 Å². The summed E-state index contributed by atoms with van der Waals surface area (Å²) in [6, 6.07) is 0. The number of ether oxygens (including phenoxy) is 3. The molecule has 0 aromatic carbocycles. The molecule has 0 radical (unpaired) electrons. The Morgan fingerprint density at radius 1 is 1.36 bits per heavy atom. The molecule has 0 aromatic rings. The fourth-order valence-electron chi connectivity index (χ4n) is 0.849. The normalized spacial score (nSPS) is 12.6. The molecule has 5 heteroatoms. The summed E-state index contributed by atoms with van der Waals surface area (Å²) in [5.74, 6) is 0. The largest absolute Gasteiger partial charge is 0.447 e. The molecule has 0 saturated heterocycles. The number of carbonyl (C=O) groups is 1. The molecular weight excluding hydrogens is 186 g/mol. The van der Waals surface area contributed by atoms with Crippen LogP contribution in [0.2, 0.25) is 0 Å². The molecule has 0 heterocycles. The summed E-state index contributed by atoms with van der Waals surface area (Å²) in [7, 11) is 3.15. The van der Waals surface area contributed by atoms with Crippen LogP contribution in [0.3, 0.4) is 0 Å². The summed E-state index contributed by atoms with van der Waals surface area (Å²) < 4.78 is 14.8. The van der Waals surface area contributed by atoms with Crippen LogP contribution >= 0.6 is 0 Å². The zero-order valence-electron chi connectivity index (χ0n) is 9.20. The summed E-state index contributed by atoms with van der Waals surface area (Å²) in [6.45, 7) is 4.42. The van der Waals surface area contributed by atoms with E-state index in [1.54, 1.807) is 28.1 Å². The number of methoxy groups -OCH3 is 2. The smallest absolute Gasteiger partial charge is 0.407 e. The third kappa shape index (κ3) is 6.68. The van der Waals surface area contributed by atoms with Gasteiger partial charge in [0.25, 0.3) is 0 Å². The Kier molecular flexibility index (Phi) is 7.14. The van der Waals surface area contributed by atoms with Crippen LogP contribution in [-0.4, -0.2) is 45.7 Å². The van der Waals surface area contributed by atoms with E-state index in [2.05, 4.69) is 5.32 Å².